The number of anilines is 2. The lowest BCUT2D eigenvalue weighted by atomic mass is 9.90. The van der Waals surface area contributed by atoms with Gasteiger partial charge in [-0.05, 0) is 60.5 Å². The van der Waals surface area contributed by atoms with Crippen LogP contribution in [0.15, 0.2) is 48.5 Å². The van der Waals surface area contributed by atoms with Crippen molar-refractivity contribution in [3.05, 3.63) is 70.7 Å². The van der Waals surface area contributed by atoms with Crippen LogP contribution in [0, 0.1) is 0 Å². The zero-order chi connectivity index (χ0) is 38.4. The number of nitrogens with zero attached hydrogens (tertiary/aromatic N) is 7. The Morgan fingerprint density at radius 1 is 0.759 bits per heavy atom. The van der Waals surface area contributed by atoms with Crippen LogP contribution in [0.3, 0.4) is 0 Å². The molecule has 4 aromatic heterocycles. The minimum Gasteiger partial charge on any atom is -0.382 e. The first kappa shape index (κ1) is 38.2. The Morgan fingerprint density at radius 3 is 1.78 bits per heavy atom. The second kappa shape index (κ2) is 16.6. The van der Waals surface area contributed by atoms with Crippen LogP contribution in [0.1, 0.15) is 57.5 Å². The lowest BCUT2D eigenvalue weighted by molar-refractivity contribution is -0.121. The normalized spacial score (nSPS) is 12.4. The molecule has 0 aliphatic rings. The number of amides is 2. The summed E-state index contributed by atoms with van der Waals surface area (Å²) in [5, 5.41) is 24.3. The number of aromatic nitrogens is 8. The number of methoxy groups -OCH3 is 2. The molecule has 6 rings (SSSR count). The molecular weight excluding hydrogens is 692 g/mol. The number of carbonyl (C=O) groups is 2. The highest BCUT2D eigenvalue weighted by molar-refractivity contribution is 5.92. The van der Waals surface area contributed by atoms with Crippen LogP contribution in [-0.2, 0) is 34.0 Å². The molecule has 54 heavy (non-hydrogen) atoms. The van der Waals surface area contributed by atoms with Crippen LogP contribution in [0.5, 0.6) is 0 Å². The Balaban J connectivity index is 1.29. The van der Waals surface area contributed by atoms with Crippen LogP contribution >= 0.6 is 0 Å². The molecule has 16 nitrogen and oxygen atoms in total. The maximum absolute atomic E-state index is 12.3. The minimum absolute atomic E-state index is 0.0603. The molecule has 0 saturated heterocycles. The zero-order valence-electron chi connectivity index (χ0n) is 31.6. The van der Waals surface area contributed by atoms with E-state index >= 15 is 0 Å². The van der Waals surface area contributed by atoms with Gasteiger partial charge < -0.3 is 29.6 Å². The molecule has 284 valence electrons. The fourth-order valence-electron chi connectivity index (χ4n) is 5.73. The fraction of sp³-hybridized carbons (Fsp3) is 0.395. The minimum atomic E-state index is -0.321. The lowest BCUT2D eigenvalue weighted by Gasteiger charge is -2.14. The molecule has 3 N–H and O–H groups in total. The van der Waals surface area contributed by atoms with E-state index in [1.807, 2.05) is 24.3 Å². The van der Waals surface area contributed by atoms with E-state index in [9.17, 15) is 9.59 Å². The predicted molar refractivity (Wildman–Crippen MR) is 203 cm³/mol. The molecule has 0 aliphatic heterocycles. The van der Waals surface area contributed by atoms with E-state index in [0.717, 1.165) is 33.3 Å². The SMILES string of the molecule is COCCOCC(=O)Nc1ccc(-c2nc3c(=Cc4c(C(C)C)[nH]n5nc(-c6ccc(NC(=O)COCCOC)cc6)nc45)c(C(C)(C)C)nn3n2)cc1. The first-order valence-electron chi connectivity index (χ1n) is 17.7. The van der Waals surface area contributed by atoms with E-state index in [1.54, 1.807) is 47.7 Å². The third-order valence-electron chi connectivity index (χ3n) is 8.41. The van der Waals surface area contributed by atoms with E-state index in [1.165, 1.54) is 0 Å². The summed E-state index contributed by atoms with van der Waals surface area (Å²) in [6.45, 7) is 11.9. The third-order valence-corrected chi connectivity index (χ3v) is 8.41. The van der Waals surface area contributed by atoms with Crippen molar-refractivity contribution in [2.24, 2.45) is 0 Å². The molecule has 6 aromatic rings. The second-order valence-corrected chi connectivity index (χ2v) is 14.0. The van der Waals surface area contributed by atoms with Crippen LogP contribution in [0.4, 0.5) is 11.4 Å². The number of H-pyrrole nitrogens is 1. The van der Waals surface area contributed by atoms with Crippen molar-refractivity contribution in [3.63, 3.8) is 0 Å². The quantitative estimate of drug-likeness (QED) is 0.122. The summed E-state index contributed by atoms with van der Waals surface area (Å²) in [7, 11) is 3.16. The molecule has 0 unspecified atom stereocenters. The zero-order valence-corrected chi connectivity index (χ0v) is 31.6. The number of nitrogens with one attached hydrogen (secondary N) is 3. The topological polar surface area (TPSA) is 184 Å². The van der Waals surface area contributed by atoms with Gasteiger partial charge in [-0.25, -0.2) is 9.97 Å². The molecule has 16 heteroatoms. The number of fused-ring (bicyclic) bond motifs is 2. The summed E-state index contributed by atoms with van der Waals surface area (Å²) in [6, 6.07) is 14.6. The standard InChI is InChI=1S/C38H46N10O6/c1-23(2)32-28(36-41-34(45-47(36)43-32)24-8-12-26(13-9-24)39-30(49)21-53-18-16-51-6)20-29-33(38(3,4)5)44-48-37(29)42-35(46-48)25-10-14-27(15-11-25)40-31(50)22-54-19-17-52-7/h8-15,20,23,43H,16-19,21-22H2,1-7H3,(H,39,49)(H,40,50). The number of carbonyl (C=O) groups excluding carboxylic acids is 2. The molecule has 0 spiro atoms. The summed E-state index contributed by atoms with van der Waals surface area (Å²) in [6.07, 6.45) is 2.07. The monoisotopic (exact) mass is 738 g/mol. The second-order valence-electron chi connectivity index (χ2n) is 14.0. The molecule has 0 bridgehead atoms. The summed E-state index contributed by atoms with van der Waals surface area (Å²) in [4.78, 5) is 34.4. The maximum atomic E-state index is 12.3. The molecule has 2 amide bonds. The Kier molecular flexibility index (Phi) is 11.8. The van der Waals surface area contributed by atoms with E-state index in [0.29, 0.717) is 60.7 Å². The van der Waals surface area contributed by atoms with Crippen LogP contribution in [0.25, 0.3) is 40.1 Å². The number of hydrogen-bond acceptors (Lipinski definition) is 11. The van der Waals surface area contributed by atoms with E-state index in [4.69, 9.17) is 44.2 Å². The molecule has 2 aromatic carbocycles. The summed E-state index contributed by atoms with van der Waals surface area (Å²) >= 11 is 0. The predicted octanol–water partition coefficient (Wildman–Crippen LogP) is 4.00. The molecule has 0 radical (unpaired) electrons. The van der Waals surface area contributed by atoms with Gasteiger partial charge in [-0.15, -0.1) is 14.8 Å². The summed E-state index contributed by atoms with van der Waals surface area (Å²) in [5.41, 5.74) is 6.44. The van der Waals surface area contributed by atoms with Gasteiger partial charge in [0.25, 0.3) is 0 Å². The largest absolute Gasteiger partial charge is 0.382 e. The van der Waals surface area contributed by atoms with Gasteiger partial charge in [0.2, 0.25) is 11.8 Å². The Labute approximate surface area is 312 Å². The fourth-order valence-corrected chi connectivity index (χ4v) is 5.73. The Morgan fingerprint density at radius 2 is 1.28 bits per heavy atom. The molecule has 4 heterocycles. The van der Waals surface area contributed by atoms with Crippen LogP contribution < -0.4 is 15.9 Å². The average molecular weight is 739 g/mol. The third kappa shape index (κ3) is 8.80. The molecule has 0 fully saturated rings. The number of rotatable bonds is 16. The van der Waals surface area contributed by atoms with Crippen molar-refractivity contribution in [1.82, 2.24) is 39.6 Å². The van der Waals surface area contributed by atoms with Crippen molar-refractivity contribution in [1.29, 1.82) is 0 Å². The Hall–Kier alpha value is -5.55. The van der Waals surface area contributed by atoms with Gasteiger partial charge in [0, 0.05) is 58.6 Å². The number of ether oxygens (including phenoxy) is 4. The van der Waals surface area contributed by atoms with Crippen LogP contribution in [0.2, 0.25) is 0 Å². The number of hydrogen-bond donors (Lipinski definition) is 3. The van der Waals surface area contributed by atoms with E-state index in [2.05, 4.69) is 56.4 Å². The van der Waals surface area contributed by atoms with Crippen molar-refractivity contribution in [2.75, 3.05) is 64.5 Å². The highest BCUT2D eigenvalue weighted by atomic mass is 16.5. The Bertz CT molecular complexity index is 2270. The first-order valence-corrected chi connectivity index (χ1v) is 17.7. The summed E-state index contributed by atoms with van der Waals surface area (Å²) in [5.74, 6) is 0.650. The van der Waals surface area contributed by atoms with Crippen molar-refractivity contribution in [3.8, 4) is 22.8 Å². The van der Waals surface area contributed by atoms with Gasteiger partial charge in [0.05, 0.1) is 32.1 Å². The highest BCUT2D eigenvalue weighted by Crippen LogP contribution is 2.27. The molecule has 0 aliphatic carbocycles. The molecular formula is C38H46N10O6. The number of benzene rings is 2. The van der Waals surface area contributed by atoms with Gasteiger partial charge in [0.15, 0.2) is 22.9 Å². The van der Waals surface area contributed by atoms with Gasteiger partial charge >= 0.3 is 0 Å². The highest BCUT2D eigenvalue weighted by Gasteiger charge is 2.25. The van der Waals surface area contributed by atoms with Gasteiger partial charge in [-0.2, -0.15) is 9.73 Å². The van der Waals surface area contributed by atoms with Gasteiger partial charge in [0.1, 0.15) is 13.2 Å². The summed E-state index contributed by atoms with van der Waals surface area (Å²) < 4.78 is 23.8. The number of aromatic amines is 1. The van der Waals surface area contributed by atoms with Crippen molar-refractivity contribution in [2.45, 2.75) is 46.0 Å². The van der Waals surface area contributed by atoms with Crippen molar-refractivity contribution < 1.29 is 28.5 Å². The first-order chi connectivity index (χ1) is 25.9. The van der Waals surface area contributed by atoms with E-state index < -0.39 is 0 Å². The maximum Gasteiger partial charge on any atom is 0.250 e. The van der Waals surface area contributed by atoms with Gasteiger partial charge in [-0.1, -0.05) is 34.6 Å². The van der Waals surface area contributed by atoms with Gasteiger partial charge in [-0.3, -0.25) is 14.7 Å². The molecule has 0 saturated carbocycles. The smallest absolute Gasteiger partial charge is 0.250 e. The molecule has 0 atom stereocenters. The van der Waals surface area contributed by atoms with Crippen LogP contribution in [-0.4, -0.2) is 105 Å². The average Bonchev–Trinajstić information content (AvgIpc) is 3.90. The lowest BCUT2D eigenvalue weighted by Crippen LogP contribution is -2.22. The van der Waals surface area contributed by atoms with E-state index in [-0.39, 0.29) is 36.4 Å². The van der Waals surface area contributed by atoms with Crippen molar-refractivity contribution >= 4 is 40.6 Å².